The maximum Gasteiger partial charge on any atom is 0.222 e. The average Bonchev–Trinajstić information content (AvgIpc) is 3.39. The predicted octanol–water partition coefficient (Wildman–Crippen LogP) is 4.52. The number of aromatic nitrogens is 4. The second kappa shape index (κ2) is 8.55. The molecule has 1 N–H and O–H groups in total. The third kappa shape index (κ3) is 4.08. The molecule has 0 aliphatic heterocycles. The van der Waals surface area contributed by atoms with Crippen LogP contribution < -0.4 is 5.32 Å². The summed E-state index contributed by atoms with van der Waals surface area (Å²) in [7, 11) is 0. The van der Waals surface area contributed by atoms with Gasteiger partial charge in [-0.05, 0) is 37.0 Å². The molecule has 2 heterocycles. The van der Waals surface area contributed by atoms with E-state index in [0.717, 1.165) is 46.3 Å². The minimum absolute atomic E-state index is 0.00520. The number of benzene rings is 2. The molecule has 0 radical (unpaired) electrons. The van der Waals surface area contributed by atoms with E-state index in [1.165, 1.54) is 5.69 Å². The van der Waals surface area contributed by atoms with Gasteiger partial charge in [-0.3, -0.25) is 14.2 Å². The van der Waals surface area contributed by atoms with Gasteiger partial charge in [-0.15, -0.1) is 0 Å². The monoisotopic (exact) mass is 433 g/mol. The van der Waals surface area contributed by atoms with E-state index >= 15 is 0 Å². The number of nitrogens with one attached hydrogen (secondary N) is 1. The number of carbonyl (C=O) groups excluding carboxylic acids is 1. The summed E-state index contributed by atoms with van der Waals surface area (Å²) in [6.07, 6.45) is 7.05. The fourth-order valence-corrected chi connectivity index (χ4v) is 4.57. The summed E-state index contributed by atoms with van der Waals surface area (Å²) >= 11 is 6.33. The number of halogens is 1. The van der Waals surface area contributed by atoms with E-state index in [1.54, 1.807) is 0 Å². The van der Waals surface area contributed by atoms with Gasteiger partial charge in [0.1, 0.15) is 0 Å². The lowest BCUT2D eigenvalue weighted by molar-refractivity contribution is -0.122. The van der Waals surface area contributed by atoms with Gasteiger partial charge < -0.3 is 5.32 Å². The molecule has 158 valence electrons. The van der Waals surface area contributed by atoms with Gasteiger partial charge in [0.05, 0.1) is 37.0 Å². The van der Waals surface area contributed by atoms with Gasteiger partial charge in [-0.1, -0.05) is 48.0 Å². The van der Waals surface area contributed by atoms with Crippen molar-refractivity contribution in [1.29, 1.82) is 0 Å². The Morgan fingerprint density at radius 1 is 1.06 bits per heavy atom. The number of hydrogen-bond acceptors (Lipinski definition) is 3. The highest BCUT2D eigenvalue weighted by Crippen LogP contribution is 2.30. The van der Waals surface area contributed by atoms with Gasteiger partial charge in [-0.2, -0.15) is 10.2 Å². The highest BCUT2D eigenvalue weighted by atomic mass is 35.5. The minimum atomic E-state index is 0.00520. The molecule has 31 heavy (non-hydrogen) atoms. The Labute approximate surface area is 185 Å². The number of rotatable bonds is 6. The molecular formula is C24H24ClN5O. The Morgan fingerprint density at radius 3 is 2.77 bits per heavy atom. The molecule has 1 aliphatic rings. The fraction of sp³-hybridized carbons (Fsp3) is 0.292. The zero-order valence-electron chi connectivity index (χ0n) is 17.2. The van der Waals surface area contributed by atoms with Crippen LogP contribution in [0.5, 0.6) is 0 Å². The van der Waals surface area contributed by atoms with E-state index in [1.807, 2.05) is 70.3 Å². The van der Waals surface area contributed by atoms with Crippen molar-refractivity contribution >= 4 is 28.4 Å². The molecule has 6 nitrogen and oxygen atoms in total. The van der Waals surface area contributed by atoms with Gasteiger partial charge in [0.2, 0.25) is 5.91 Å². The quantitative estimate of drug-likeness (QED) is 0.486. The lowest BCUT2D eigenvalue weighted by Crippen LogP contribution is -2.31. The number of nitrogens with zero attached hydrogens (tertiary/aromatic N) is 4. The first kappa shape index (κ1) is 19.8. The first-order chi connectivity index (χ1) is 15.2. The molecule has 5 rings (SSSR count). The summed E-state index contributed by atoms with van der Waals surface area (Å²) in [5, 5.41) is 14.1. The molecule has 1 amide bonds. The maximum atomic E-state index is 12.7. The molecule has 4 aromatic rings. The third-order valence-corrected chi connectivity index (χ3v) is 6.35. The summed E-state index contributed by atoms with van der Waals surface area (Å²) in [6, 6.07) is 15.9. The molecule has 0 bridgehead atoms. The van der Waals surface area contributed by atoms with Crippen molar-refractivity contribution in [3.63, 3.8) is 0 Å². The molecule has 7 heteroatoms. The van der Waals surface area contributed by atoms with Crippen LogP contribution in [0, 0.1) is 0 Å². The first-order valence-corrected chi connectivity index (χ1v) is 11.0. The minimum Gasteiger partial charge on any atom is -0.349 e. The van der Waals surface area contributed by atoms with Crippen molar-refractivity contribution in [2.24, 2.45) is 0 Å². The number of hydrogen-bond donors (Lipinski definition) is 1. The predicted molar refractivity (Wildman–Crippen MR) is 121 cm³/mol. The zero-order valence-corrected chi connectivity index (χ0v) is 17.9. The summed E-state index contributed by atoms with van der Waals surface area (Å²) in [6.45, 7) is 1.20. The number of fused-ring (bicyclic) bond motifs is 2. The first-order valence-electron chi connectivity index (χ1n) is 10.7. The summed E-state index contributed by atoms with van der Waals surface area (Å²) in [5.74, 6) is 0.0382. The van der Waals surface area contributed by atoms with Crippen LogP contribution in [0.15, 0.2) is 60.9 Å². The molecule has 0 spiro atoms. The topological polar surface area (TPSA) is 64.7 Å². The molecule has 0 fully saturated rings. The van der Waals surface area contributed by atoms with Crippen LogP contribution in [0.4, 0.5) is 0 Å². The van der Waals surface area contributed by atoms with E-state index in [4.69, 9.17) is 11.6 Å². The second-order valence-corrected chi connectivity index (χ2v) is 8.39. The largest absolute Gasteiger partial charge is 0.349 e. The Kier molecular flexibility index (Phi) is 5.47. The summed E-state index contributed by atoms with van der Waals surface area (Å²) < 4.78 is 3.91. The Hall–Kier alpha value is -3.12. The normalized spacial score (nSPS) is 15.7. The second-order valence-electron chi connectivity index (χ2n) is 7.98. The van der Waals surface area contributed by atoms with E-state index < -0.39 is 0 Å². The van der Waals surface area contributed by atoms with E-state index in [2.05, 4.69) is 15.5 Å². The van der Waals surface area contributed by atoms with Crippen LogP contribution in [0.25, 0.3) is 10.9 Å². The Bertz CT molecular complexity index is 1230. The van der Waals surface area contributed by atoms with E-state index in [9.17, 15) is 4.79 Å². The van der Waals surface area contributed by atoms with E-state index in [-0.39, 0.29) is 11.9 Å². The van der Waals surface area contributed by atoms with Gasteiger partial charge in [0.25, 0.3) is 0 Å². The van der Waals surface area contributed by atoms with Crippen LogP contribution in [0.1, 0.15) is 42.1 Å². The number of amides is 1. The highest BCUT2D eigenvalue weighted by Gasteiger charge is 2.25. The molecular weight excluding hydrogens is 410 g/mol. The summed E-state index contributed by atoms with van der Waals surface area (Å²) in [4.78, 5) is 12.7. The smallest absolute Gasteiger partial charge is 0.222 e. The SMILES string of the molecule is O=C(CCn1ncc2ccccc21)NC1CCCc2c1cnn2Cc1ccccc1Cl. The van der Waals surface area contributed by atoms with Crippen molar-refractivity contribution < 1.29 is 4.79 Å². The highest BCUT2D eigenvalue weighted by molar-refractivity contribution is 6.31. The Morgan fingerprint density at radius 2 is 1.87 bits per heavy atom. The lowest BCUT2D eigenvalue weighted by Gasteiger charge is -2.24. The Balaban J connectivity index is 1.25. The number of carbonyl (C=O) groups is 1. The van der Waals surface area contributed by atoms with Crippen molar-refractivity contribution in [3.8, 4) is 0 Å². The van der Waals surface area contributed by atoms with E-state index in [0.29, 0.717) is 19.5 Å². The standard InChI is InChI=1S/C24H24ClN5O/c25-20-8-3-1-7-18(20)16-30-23-11-5-9-21(19(23)15-27-30)28-24(31)12-13-29-22-10-4-2-6-17(22)14-26-29/h1-4,6-8,10,14-15,21H,5,9,11-13,16H2,(H,28,31). The molecule has 0 saturated heterocycles. The molecule has 1 atom stereocenters. The molecule has 2 aromatic heterocycles. The van der Waals surface area contributed by atoms with Crippen LogP contribution in [-0.2, 0) is 24.3 Å². The van der Waals surface area contributed by atoms with Crippen molar-refractivity contribution in [2.75, 3.05) is 0 Å². The molecule has 2 aromatic carbocycles. The van der Waals surface area contributed by atoms with Crippen molar-refractivity contribution in [1.82, 2.24) is 24.9 Å². The van der Waals surface area contributed by atoms with Crippen LogP contribution in [0.2, 0.25) is 5.02 Å². The molecule has 1 aliphatic carbocycles. The van der Waals surface area contributed by atoms with Crippen LogP contribution in [-0.4, -0.2) is 25.5 Å². The maximum absolute atomic E-state index is 12.7. The van der Waals surface area contributed by atoms with Crippen molar-refractivity contribution in [3.05, 3.63) is 82.8 Å². The average molecular weight is 434 g/mol. The van der Waals surface area contributed by atoms with Crippen LogP contribution in [0.3, 0.4) is 0 Å². The van der Waals surface area contributed by atoms with Gasteiger partial charge in [0.15, 0.2) is 0 Å². The fourth-order valence-electron chi connectivity index (χ4n) is 4.37. The number of aryl methyl sites for hydroxylation is 1. The number of para-hydroxylation sites is 1. The lowest BCUT2D eigenvalue weighted by atomic mass is 9.92. The van der Waals surface area contributed by atoms with Gasteiger partial charge in [0, 0.05) is 28.1 Å². The van der Waals surface area contributed by atoms with Crippen molar-refractivity contribution in [2.45, 2.75) is 44.8 Å². The zero-order chi connectivity index (χ0) is 21.2. The molecule has 1 unspecified atom stereocenters. The summed E-state index contributed by atoms with van der Waals surface area (Å²) in [5.41, 5.74) is 4.41. The third-order valence-electron chi connectivity index (χ3n) is 5.98. The van der Waals surface area contributed by atoms with Crippen LogP contribution >= 0.6 is 11.6 Å². The molecule has 0 saturated carbocycles. The van der Waals surface area contributed by atoms with Gasteiger partial charge >= 0.3 is 0 Å². The van der Waals surface area contributed by atoms with Gasteiger partial charge in [-0.25, -0.2) is 0 Å².